The lowest BCUT2D eigenvalue weighted by atomic mass is 9.93. The number of ether oxygens (including phenoxy) is 2. The van der Waals surface area contributed by atoms with Crippen LogP contribution in [0, 0.1) is 13.8 Å². The number of hydrogen-bond acceptors (Lipinski definition) is 4. The quantitative estimate of drug-likeness (QED) is 0.130. The minimum Gasteiger partial charge on any atom is -0.453 e. The van der Waals surface area contributed by atoms with E-state index in [1.807, 2.05) is 24.3 Å². The van der Waals surface area contributed by atoms with E-state index in [4.69, 9.17) is 9.47 Å². The fraction of sp³-hybridized carbons (Fsp3) is 0.0323. The van der Waals surface area contributed by atoms with Crippen molar-refractivity contribution in [3.05, 3.63) is 230 Å². The molecule has 0 unspecified atom stereocenters. The van der Waals surface area contributed by atoms with Gasteiger partial charge in [-0.2, -0.15) is 0 Å². The van der Waals surface area contributed by atoms with E-state index in [-0.39, 0.29) is 0 Å². The van der Waals surface area contributed by atoms with Gasteiger partial charge in [0.15, 0.2) is 31.1 Å². The van der Waals surface area contributed by atoms with Crippen LogP contribution in [0.15, 0.2) is 218 Å². The number of fused-ring (bicyclic) bond motifs is 13. The summed E-state index contributed by atoms with van der Waals surface area (Å²) in [4.78, 5) is 4.77. The van der Waals surface area contributed by atoms with Crippen LogP contribution >= 0.6 is 0 Å². The maximum absolute atomic E-state index is 6.96. The van der Waals surface area contributed by atoms with E-state index in [1.54, 1.807) is 0 Å². The molecule has 0 amide bonds. The summed E-state index contributed by atoms with van der Waals surface area (Å²) in [7, 11) is -2.81. The van der Waals surface area contributed by atoms with Gasteiger partial charge in [0.1, 0.15) is 0 Å². The molecule has 0 bridgehead atoms. The van der Waals surface area contributed by atoms with Gasteiger partial charge >= 0.3 is 0 Å². The van der Waals surface area contributed by atoms with Gasteiger partial charge in [0, 0.05) is 11.4 Å². The van der Waals surface area contributed by atoms with E-state index in [2.05, 4.69) is 218 Å². The lowest BCUT2D eigenvalue weighted by Crippen LogP contribution is -2.72. The van der Waals surface area contributed by atoms with Crippen LogP contribution in [0.4, 0.5) is 34.1 Å². The summed E-state index contributed by atoms with van der Waals surface area (Å²) in [6.07, 6.45) is 0. The number of para-hydroxylation sites is 6. The van der Waals surface area contributed by atoms with Crippen molar-refractivity contribution in [3.8, 4) is 34.1 Å². The highest BCUT2D eigenvalue weighted by molar-refractivity contribution is 7.22. The topological polar surface area (TPSA) is 24.9 Å². The van der Waals surface area contributed by atoms with Gasteiger partial charge in [-0.25, -0.2) is 0 Å². The smallest absolute Gasteiger partial charge is 0.180 e. The first kappa shape index (κ1) is 37.9. The molecule has 5 heteroatoms. The summed E-state index contributed by atoms with van der Waals surface area (Å²) in [6.45, 7) is 4.36. The van der Waals surface area contributed by atoms with E-state index >= 15 is 0 Å². The molecule has 3 aliphatic heterocycles. The second-order valence-electron chi connectivity index (χ2n) is 18.2. The third-order valence-electron chi connectivity index (χ3n) is 14.4. The fourth-order valence-electron chi connectivity index (χ4n) is 11.4. The summed E-state index contributed by atoms with van der Waals surface area (Å²) < 4.78 is 13.4. The van der Waals surface area contributed by atoms with Crippen LogP contribution < -0.4 is 40.0 Å². The number of anilines is 6. The van der Waals surface area contributed by atoms with Crippen LogP contribution in [0.3, 0.4) is 0 Å². The van der Waals surface area contributed by atoms with Gasteiger partial charge in [0.2, 0.25) is 0 Å². The molecule has 0 spiro atoms. The lowest BCUT2D eigenvalue weighted by Gasteiger charge is -2.36. The molecular formula is C62H42N2O2Si. The van der Waals surface area contributed by atoms with E-state index in [1.165, 1.54) is 75.3 Å². The van der Waals surface area contributed by atoms with Crippen molar-refractivity contribution in [2.75, 3.05) is 9.80 Å². The first-order valence-corrected chi connectivity index (χ1v) is 25.1. The summed E-state index contributed by atoms with van der Waals surface area (Å²) in [6, 6.07) is 80.5. The Morgan fingerprint density at radius 1 is 0.313 bits per heavy atom. The molecule has 0 aliphatic carbocycles. The van der Waals surface area contributed by atoms with Gasteiger partial charge in [-0.15, -0.1) is 0 Å². The largest absolute Gasteiger partial charge is 0.453 e. The highest BCUT2D eigenvalue weighted by Gasteiger charge is 2.50. The highest BCUT2D eigenvalue weighted by atomic mass is 28.3. The van der Waals surface area contributed by atoms with Crippen molar-refractivity contribution < 1.29 is 9.47 Å². The SMILES string of the molecule is Cc1ccc([Si]2(c3ccc(C)cc3)c3ccccc3-c3cc4c(cc32)N(c2ccc3c5ccc(N6c7ccccc7Oc7ccccc76)cc5c5ccccc5c3c2)c2ccccc2O4)cc1. The fourth-order valence-corrected chi connectivity index (χ4v) is 16.5. The van der Waals surface area contributed by atoms with Crippen LogP contribution in [-0.2, 0) is 0 Å². The number of rotatable bonds is 4. The Balaban J connectivity index is 0.988. The molecule has 0 N–H and O–H groups in total. The first-order chi connectivity index (χ1) is 33.0. The van der Waals surface area contributed by atoms with Crippen molar-refractivity contribution in [3.63, 3.8) is 0 Å². The van der Waals surface area contributed by atoms with Crippen LogP contribution in [0.5, 0.6) is 23.0 Å². The zero-order valence-corrected chi connectivity index (χ0v) is 38.0. The Labute approximate surface area is 390 Å². The van der Waals surface area contributed by atoms with Gasteiger partial charge in [0.05, 0.1) is 22.7 Å². The van der Waals surface area contributed by atoms with Crippen molar-refractivity contribution in [2.24, 2.45) is 0 Å². The second kappa shape index (κ2) is 14.3. The molecule has 67 heavy (non-hydrogen) atoms. The van der Waals surface area contributed by atoms with Gasteiger partial charge < -0.3 is 19.3 Å². The molecule has 316 valence electrons. The van der Waals surface area contributed by atoms with Gasteiger partial charge in [-0.05, 0) is 151 Å². The minimum absolute atomic E-state index is 0.837. The van der Waals surface area contributed by atoms with E-state index in [9.17, 15) is 0 Å². The molecule has 0 saturated heterocycles. The molecule has 0 radical (unpaired) electrons. The molecule has 3 aliphatic rings. The van der Waals surface area contributed by atoms with Crippen LogP contribution in [0.1, 0.15) is 11.1 Å². The van der Waals surface area contributed by atoms with Crippen LogP contribution in [0.2, 0.25) is 0 Å². The molecule has 0 saturated carbocycles. The molecule has 0 fully saturated rings. The van der Waals surface area contributed by atoms with Crippen molar-refractivity contribution >= 4 is 95.3 Å². The van der Waals surface area contributed by atoms with Crippen molar-refractivity contribution in [1.29, 1.82) is 0 Å². The predicted octanol–water partition coefficient (Wildman–Crippen LogP) is 14.3. The average Bonchev–Trinajstić information content (AvgIpc) is 3.66. The monoisotopic (exact) mass is 874 g/mol. The normalized spacial score (nSPS) is 13.8. The molecule has 4 nitrogen and oxygen atoms in total. The third kappa shape index (κ3) is 5.46. The maximum atomic E-state index is 6.96. The maximum Gasteiger partial charge on any atom is 0.180 e. The first-order valence-electron chi connectivity index (χ1n) is 23.1. The summed E-state index contributed by atoms with van der Waals surface area (Å²) in [5.74, 6) is 3.38. The summed E-state index contributed by atoms with van der Waals surface area (Å²) in [5.41, 5.74) is 11.3. The van der Waals surface area contributed by atoms with E-state index in [0.717, 1.165) is 57.1 Å². The number of hydrogen-bond donors (Lipinski definition) is 0. The van der Waals surface area contributed by atoms with Crippen LogP contribution in [-0.4, -0.2) is 8.07 Å². The molecule has 11 aromatic rings. The molecular weight excluding hydrogens is 833 g/mol. The second-order valence-corrected chi connectivity index (χ2v) is 21.9. The number of nitrogens with zero attached hydrogens (tertiary/aromatic N) is 2. The Morgan fingerprint density at radius 2 is 0.746 bits per heavy atom. The standard InChI is InChI=1S/C62H42N2O2Si/c1-39-23-29-43(30-24-39)67(44-31-25-40(2)26-32-44)61-22-12-5-15-49(61)52-37-60-56(38-62(52)67)64(55-18-8-11-21-59(55)66-60)42-28-34-48-47-33-27-41(35-50(47)45-13-3-4-14-46(45)51(48)36-42)63-53-16-6-9-19-57(53)65-58-20-10-7-17-54(58)63/h3-38H,1-2H3. The predicted molar refractivity (Wildman–Crippen MR) is 281 cm³/mol. The summed E-state index contributed by atoms with van der Waals surface area (Å²) >= 11 is 0. The molecule has 3 heterocycles. The lowest BCUT2D eigenvalue weighted by molar-refractivity contribution is 0.477. The zero-order chi connectivity index (χ0) is 44.4. The Bertz CT molecular complexity index is 3750. The third-order valence-corrected chi connectivity index (χ3v) is 19.3. The van der Waals surface area contributed by atoms with Gasteiger partial charge in [-0.1, -0.05) is 157 Å². The molecule has 14 rings (SSSR count). The Kier molecular flexibility index (Phi) is 8.10. The van der Waals surface area contributed by atoms with E-state index in [0.29, 0.717) is 0 Å². The van der Waals surface area contributed by atoms with Crippen molar-refractivity contribution in [2.45, 2.75) is 13.8 Å². The van der Waals surface area contributed by atoms with E-state index < -0.39 is 8.07 Å². The Morgan fingerprint density at radius 3 is 1.28 bits per heavy atom. The van der Waals surface area contributed by atoms with Gasteiger partial charge in [0.25, 0.3) is 0 Å². The average molecular weight is 875 g/mol. The van der Waals surface area contributed by atoms with Crippen LogP contribution in [0.25, 0.3) is 43.4 Å². The molecule has 0 aromatic heterocycles. The molecule has 11 aromatic carbocycles. The Hall–Kier alpha value is -8.38. The summed E-state index contributed by atoms with van der Waals surface area (Å²) in [5, 5.41) is 12.8. The number of benzene rings is 11. The number of aryl methyl sites for hydroxylation is 2. The highest BCUT2D eigenvalue weighted by Crippen LogP contribution is 2.54. The zero-order valence-electron chi connectivity index (χ0n) is 37.0. The molecule has 0 atom stereocenters. The minimum atomic E-state index is -2.81. The van der Waals surface area contributed by atoms with Gasteiger partial charge in [-0.3, -0.25) is 0 Å². The van der Waals surface area contributed by atoms with Crippen molar-refractivity contribution in [1.82, 2.24) is 0 Å².